The number of hydrogen-bond acceptors (Lipinski definition) is 4. The molecule has 2 rings (SSSR count). The van der Waals surface area contributed by atoms with Crippen molar-refractivity contribution in [3.05, 3.63) is 18.0 Å². The third-order valence-electron chi connectivity index (χ3n) is 3.34. The van der Waals surface area contributed by atoms with Crippen LogP contribution in [-0.2, 0) is 11.8 Å². The van der Waals surface area contributed by atoms with E-state index in [1.54, 1.807) is 4.68 Å². The summed E-state index contributed by atoms with van der Waals surface area (Å²) >= 11 is 0. The molecule has 1 saturated heterocycles. The highest BCUT2D eigenvalue weighted by Gasteiger charge is 2.18. The number of hydrazine groups is 1. The fourth-order valence-electron chi connectivity index (χ4n) is 2.32. The minimum absolute atomic E-state index is 0.127. The largest absolute Gasteiger partial charge is 0.378 e. The second-order valence-corrected chi connectivity index (χ2v) is 4.70. The van der Waals surface area contributed by atoms with Crippen LogP contribution < -0.4 is 11.3 Å². The van der Waals surface area contributed by atoms with Crippen LogP contribution in [0.1, 0.15) is 43.8 Å². The van der Waals surface area contributed by atoms with Crippen LogP contribution in [0.15, 0.2) is 12.3 Å². The Bertz CT molecular complexity index is 333. The van der Waals surface area contributed by atoms with Crippen molar-refractivity contribution in [3.63, 3.8) is 0 Å². The van der Waals surface area contributed by atoms with E-state index in [0.29, 0.717) is 6.10 Å². The molecule has 0 amide bonds. The Morgan fingerprint density at radius 1 is 1.65 bits per heavy atom. The third-order valence-corrected chi connectivity index (χ3v) is 3.34. The lowest BCUT2D eigenvalue weighted by Gasteiger charge is -2.24. The standard InChI is InChI=1S/C12H22N4O/c1-16-8-7-12(15-16)11(14-13)6-5-10-4-2-3-9-17-10/h7-8,10-11,14H,2-6,9,13H2,1H3. The Hall–Kier alpha value is -0.910. The fourth-order valence-corrected chi connectivity index (χ4v) is 2.32. The second-order valence-electron chi connectivity index (χ2n) is 4.70. The van der Waals surface area contributed by atoms with Gasteiger partial charge in [-0.2, -0.15) is 5.10 Å². The van der Waals surface area contributed by atoms with Crippen molar-refractivity contribution in [2.75, 3.05) is 6.61 Å². The van der Waals surface area contributed by atoms with E-state index < -0.39 is 0 Å². The smallest absolute Gasteiger partial charge is 0.0807 e. The van der Waals surface area contributed by atoms with Crippen molar-refractivity contribution in [2.24, 2.45) is 12.9 Å². The van der Waals surface area contributed by atoms with Crippen molar-refractivity contribution >= 4 is 0 Å². The molecule has 1 aromatic heterocycles. The summed E-state index contributed by atoms with van der Waals surface area (Å²) in [6, 6.07) is 2.13. The Balaban J connectivity index is 1.82. The molecule has 1 aliphatic heterocycles. The Labute approximate surface area is 102 Å². The molecule has 1 fully saturated rings. The first-order valence-electron chi connectivity index (χ1n) is 6.37. The summed E-state index contributed by atoms with van der Waals surface area (Å²) in [5.41, 5.74) is 3.85. The highest BCUT2D eigenvalue weighted by atomic mass is 16.5. The zero-order valence-corrected chi connectivity index (χ0v) is 10.4. The normalized spacial score (nSPS) is 22.6. The average molecular weight is 238 g/mol. The molecule has 0 radical (unpaired) electrons. The molecule has 0 aromatic carbocycles. The van der Waals surface area contributed by atoms with E-state index >= 15 is 0 Å². The van der Waals surface area contributed by atoms with Crippen LogP contribution in [0, 0.1) is 0 Å². The maximum absolute atomic E-state index is 5.72. The SMILES string of the molecule is Cn1ccc(C(CCC2CCCCO2)NN)n1. The Morgan fingerprint density at radius 2 is 2.53 bits per heavy atom. The van der Waals surface area contributed by atoms with Crippen LogP contribution in [0.4, 0.5) is 0 Å². The molecule has 2 heterocycles. The lowest BCUT2D eigenvalue weighted by atomic mass is 10.0. The molecule has 17 heavy (non-hydrogen) atoms. The first-order valence-corrected chi connectivity index (χ1v) is 6.37. The van der Waals surface area contributed by atoms with Crippen molar-refractivity contribution < 1.29 is 4.74 Å². The molecular weight excluding hydrogens is 216 g/mol. The monoisotopic (exact) mass is 238 g/mol. The van der Waals surface area contributed by atoms with Crippen LogP contribution in [0.2, 0.25) is 0 Å². The number of aryl methyl sites for hydroxylation is 1. The second kappa shape index (κ2) is 6.14. The summed E-state index contributed by atoms with van der Waals surface area (Å²) in [5.74, 6) is 5.59. The van der Waals surface area contributed by atoms with E-state index in [0.717, 1.165) is 25.1 Å². The van der Waals surface area contributed by atoms with Gasteiger partial charge in [0.25, 0.3) is 0 Å². The molecule has 96 valence electrons. The molecule has 0 saturated carbocycles. The van der Waals surface area contributed by atoms with Crippen LogP contribution in [0.25, 0.3) is 0 Å². The van der Waals surface area contributed by atoms with Crippen molar-refractivity contribution in [1.29, 1.82) is 0 Å². The summed E-state index contributed by atoms with van der Waals surface area (Å²) in [5, 5.41) is 4.38. The molecule has 1 aliphatic rings. The van der Waals surface area contributed by atoms with Gasteiger partial charge in [0.1, 0.15) is 0 Å². The van der Waals surface area contributed by atoms with Crippen LogP contribution in [-0.4, -0.2) is 22.5 Å². The highest BCUT2D eigenvalue weighted by Crippen LogP contribution is 2.22. The highest BCUT2D eigenvalue weighted by molar-refractivity contribution is 5.04. The maximum Gasteiger partial charge on any atom is 0.0807 e. The summed E-state index contributed by atoms with van der Waals surface area (Å²) in [6.07, 6.45) is 8.04. The predicted molar refractivity (Wildman–Crippen MR) is 66.1 cm³/mol. The number of ether oxygens (including phenoxy) is 1. The van der Waals surface area contributed by atoms with E-state index in [4.69, 9.17) is 10.6 Å². The molecule has 1 aromatic rings. The quantitative estimate of drug-likeness (QED) is 0.599. The van der Waals surface area contributed by atoms with Crippen molar-refractivity contribution in [3.8, 4) is 0 Å². The van der Waals surface area contributed by atoms with Crippen LogP contribution in [0.5, 0.6) is 0 Å². The number of nitrogens with two attached hydrogens (primary N) is 1. The van der Waals surface area contributed by atoms with E-state index in [9.17, 15) is 0 Å². The van der Waals surface area contributed by atoms with Gasteiger partial charge in [0, 0.05) is 19.9 Å². The zero-order chi connectivity index (χ0) is 12.1. The minimum atomic E-state index is 0.127. The first kappa shape index (κ1) is 12.5. The molecule has 2 unspecified atom stereocenters. The topological polar surface area (TPSA) is 65.1 Å². The van der Waals surface area contributed by atoms with E-state index in [1.165, 1.54) is 19.3 Å². The van der Waals surface area contributed by atoms with Gasteiger partial charge in [-0.25, -0.2) is 0 Å². The van der Waals surface area contributed by atoms with Gasteiger partial charge in [-0.1, -0.05) is 0 Å². The lowest BCUT2D eigenvalue weighted by Crippen LogP contribution is -2.30. The molecule has 2 atom stereocenters. The number of aromatic nitrogens is 2. The van der Waals surface area contributed by atoms with Crippen LogP contribution in [0.3, 0.4) is 0 Å². The van der Waals surface area contributed by atoms with Crippen molar-refractivity contribution in [2.45, 2.75) is 44.2 Å². The lowest BCUT2D eigenvalue weighted by molar-refractivity contribution is 0.00847. The Kier molecular flexibility index (Phi) is 4.53. The van der Waals surface area contributed by atoms with E-state index in [2.05, 4.69) is 10.5 Å². The summed E-state index contributed by atoms with van der Waals surface area (Å²) in [6.45, 7) is 0.912. The van der Waals surface area contributed by atoms with Gasteiger partial charge < -0.3 is 4.74 Å². The van der Waals surface area contributed by atoms with Gasteiger partial charge in [-0.3, -0.25) is 16.0 Å². The van der Waals surface area contributed by atoms with Crippen molar-refractivity contribution in [1.82, 2.24) is 15.2 Å². The van der Waals surface area contributed by atoms with Gasteiger partial charge in [-0.15, -0.1) is 0 Å². The van der Waals surface area contributed by atoms with E-state index in [-0.39, 0.29) is 6.04 Å². The van der Waals surface area contributed by atoms with Crippen LogP contribution >= 0.6 is 0 Å². The van der Waals surface area contributed by atoms with Gasteiger partial charge in [0.2, 0.25) is 0 Å². The third kappa shape index (κ3) is 3.52. The van der Waals surface area contributed by atoms with Gasteiger partial charge in [0.15, 0.2) is 0 Å². The molecular formula is C12H22N4O. The summed E-state index contributed by atoms with van der Waals surface area (Å²) < 4.78 is 7.52. The molecule has 0 aliphatic carbocycles. The fraction of sp³-hybridized carbons (Fsp3) is 0.750. The first-order chi connectivity index (χ1) is 8.29. The van der Waals surface area contributed by atoms with Gasteiger partial charge in [0.05, 0.1) is 17.8 Å². The predicted octanol–water partition coefficient (Wildman–Crippen LogP) is 1.27. The van der Waals surface area contributed by atoms with Gasteiger partial charge in [-0.05, 0) is 38.2 Å². The maximum atomic E-state index is 5.72. The molecule has 5 nitrogen and oxygen atoms in total. The molecule has 5 heteroatoms. The number of rotatable bonds is 5. The average Bonchev–Trinajstić information content (AvgIpc) is 2.78. The zero-order valence-electron chi connectivity index (χ0n) is 10.4. The molecule has 0 bridgehead atoms. The molecule has 3 N–H and O–H groups in total. The molecule has 0 spiro atoms. The number of nitrogens with one attached hydrogen (secondary N) is 1. The van der Waals surface area contributed by atoms with Gasteiger partial charge >= 0.3 is 0 Å². The minimum Gasteiger partial charge on any atom is -0.378 e. The Morgan fingerprint density at radius 3 is 3.12 bits per heavy atom. The summed E-state index contributed by atoms with van der Waals surface area (Å²) in [4.78, 5) is 0. The number of hydrogen-bond donors (Lipinski definition) is 2. The number of nitrogens with zero attached hydrogens (tertiary/aromatic N) is 2. The summed E-state index contributed by atoms with van der Waals surface area (Å²) in [7, 11) is 1.92. The van der Waals surface area contributed by atoms with E-state index in [1.807, 2.05) is 19.3 Å².